The Morgan fingerprint density at radius 2 is 1.57 bits per heavy atom. The summed E-state index contributed by atoms with van der Waals surface area (Å²) in [6.45, 7) is 2.30. The monoisotopic (exact) mass is 551 g/mol. The van der Waals surface area contributed by atoms with Gasteiger partial charge < -0.3 is 16.0 Å². The number of nitrogens with two attached hydrogens (primary N) is 1. The molecule has 0 saturated heterocycles. The summed E-state index contributed by atoms with van der Waals surface area (Å²) in [5.41, 5.74) is 14.0. The summed E-state index contributed by atoms with van der Waals surface area (Å²) in [5, 5.41) is 2.85. The van der Waals surface area contributed by atoms with Gasteiger partial charge in [0, 0.05) is 29.2 Å². The predicted molar refractivity (Wildman–Crippen MR) is 166 cm³/mol. The Balaban J connectivity index is 1.42. The topological polar surface area (TPSA) is 101 Å². The number of anilines is 2. The maximum atomic E-state index is 14.3. The van der Waals surface area contributed by atoms with Crippen molar-refractivity contribution in [1.82, 2.24) is 10.3 Å². The van der Waals surface area contributed by atoms with Gasteiger partial charge in [0.2, 0.25) is 6.17 Å². The standard InChI is InChI=1S/C35H29N5O2/c1-23-9-18-31-30(20-23)32(27-14-16-29(36)17-15-27)38-33(39-34(41)28-8-5-19-37-21-28)35(42)40(31)22-24-10-12-26(13-11-24)25-6-3-2-4-7-25/h2-21,33H,22,36H2,1H3,(H,39,41). The van der Waals surface area contributed by atoms with Crippen molar-refractivity contribution in [1.29, 1.82) is 0 Å². The van der Waals surface area contributed by atoms with E-state index in [1.54, 1.807) is 35.4 Å². The number of rotatable bonds is 6. The van der Waals surface area contributed by atoms with Gasteiger partial charge in [-0.3, -0.25) is 14.6 Å². The third-order valence-corrected chi connectivity index (χ3v) is 7.23. The maximum absolute atomic E-state index is 14.3. The second-order valence-electron chi connectivity index (χ2n) is 10.2. The Kier molecular flexibility index (Phi) is 7.30. The van der Waals surface area contributed by atoms with Crippen molar-refractivity contribution >= 4 is 28.9 Å². The molecule has 2 heterocycles. The molecule has 0 bridgehead atoms. The van der Waals surface area contributed by atoms with Crippen LogP contribution in [0.5, 0.6) is 0 Å². The van der Waals surface area contributed by atoms with Crippen molar-refractivity contribution in [2.75, 3.05) is 10.6 Å². The van der Waals surface area contributed by atoms with Gasteiger partial charge in [0.05, 0.1) is 23.5 Å². The minimum atomic E-state index is -1.17. The van der Waals surface area contributed by atoms with Gasteiger partial charge in [-0.2, -0.15) is 0 Å². The number of nitrogens with zero attached hydrogens (tertiary/aromatic N) is 3. The highest BCUT2D eigenvalue weighted by molar-refractivity contribution is 6.20. The number of nitrogen functional groups attached to an aromatic ring is 1. The van der Waals surface area contributed by atoms with E-state index in [0.29, 0.717) is 29.2 Å². The van der Waals surface area contributed by atoms with Gasteiger partial charge in [-0.15, -0.1) is 0 Å². The molecule has 2 amide bonds. The number of benzodiazepines with no additional fused rings is 1. The van der Waals surface area contributed by atoms with Gasteiger partial charge in [0.1, 0.15) is 0 Å². The van der Waals surface area contributed by atoms with Crippen LogP contribution in [0.4, 0.5) is 11.4 Å². The van der Waals surface area contributed by atoms with E-state index in [2.05, 4.69) is 34.6 Å². The second kappa shape index (κ2) is 11.5. The summed E-state index contributed by atoms with van der Waals surface area (Å²) < 4.78 is 0. The second-order valence-corrected chi connectivity index (χ2v) is 10.2. The van der Waals surface area contributed by atoms with Crippen LogP contribution in [0.3, 0.4) is 0 Å². The van der Waals surface area contributed by atoms with Crippen LogP contribution in [0.1, 0.15) is 32.6 Å². The zero-order valence-electron chi connectivity index (χ0n) is 23.1. The summed E-state index contributed by atoms with van der Waals surface area (Å²) in [4.78, 5) is 38.1. The number of hydrogen-bond acceptors (Lipinski definition) is 5. The first kappa shape index (κ1) is 26.7. The van der Waals surface area contributed by atoms with Crippen LogP contribution in [0.15, 0.2) is 127 Å². The van der Waals surface area contributed by atoms with Crippen LogP contribution >= 0.6 is 0 Å². The molecule has 206 valence electrons. The number of aromatic nitrogens is 1. The van der Waals surface area contributed by atoms with Crippen molar-refractivity contribution in [3.63, 3.8) is 0 Å². The number of carbonyl (C=O) groups excluding carboxylic acids is 2. The number of hydrogen-bond donors (Lipinski definition) is 2. The predicted octanol–water partition coefficient (Wildman–Crippen LogP) is 5.78. The summed E-state index contributed by atoms with van der Waals surface area (Å²) >= 11 is 0. The number of fused-ring (bicyclic) bond motifs is 1. The molecular formula is C35H29N5O2. The lowest BCUT2D eigenvalue weighted by atomic mass is 9.98. The Bertz CT molecular complexity index is 1770. The first-order valence-corrected chi connectivity index (χ1v) is 13.7. The number of amides is 2. The average Bonchev–Trinajstić information content (AvgIpc) is 3.13. The molecule has 7 nitrogen and oxygen atoms in total. The minimum absolute atomic E-state index is 0.299. The van der Waals surface area contributed by atoms with E-state index < -0.39 is 12.1 Å². The molecule has 0 aliphatic carbocycles. The molecule has 1 atom stereocenters. The molecule has 0 spiro atoms. The summed E-state index contributed by atoms with van der Waals surface area (Å²) in [7, 11) is 0. The molecule has 6 rings (SSSR count). The molecule has 4 aromatic carbocycles. The molecule has 1 unspecified atom stereocenters. The van der Waals surface area contributed by atoms with Crippen LogP contribution in [-0.4, -0.2) is 28.7 Å². The Hall–Kier alpha value is -5.56. The van der Waals surface area contributed by atoms with Gasteiger partial charge in [-0.1, -0.05) is 78.4 Å². The van der Waals surface area contributed by atoms with Gasteiger partial charge in [0.15, 0.2) is 0 Å². The number of nitrogens with one attached hydrogen (secondary N) is 1. The number of carbonyl (C=O) groups is 2. The largest absolute Gasteiger partial charge is 0.399 e. The summed E-state index contributed by atoms with van der Waals surface area (Å²) in [6.07, 6.45) is 1.89. The Morgan fingerprint density at radius 1 is 0.857 bits per heavy atom. The molecule has 3 N–H and O–H groups in total. The highest BCUT2D eigenvalue weighted by Gasteiger charge is 2.33. The van der Waals surface area contributed by atoms with Crippen LogP contribution in [0, 0.1) is 6.92 Å². The van der Waals surface area contributed by atoms with E-state index in [9.17, 15) is 9.59 Å². The molecular weight excluding hydrogens is 522 g/mol. The zero-order valence-corrected chi connectivity index (χ0v) is 23.1. The van der Waals surface area contributed by atoms with Crippen molar-refractivity contribution in [3.05, 3.63) is 149 Å². The molecule has 1 aliphatic rings. The summed E-state index contributed by atoms with van der Waals surface area (Å²) in [6, 6.07) is 34.9. The van der Waals surface area contributed by atoms with Gasteiger partial charge >= 0.3 is 0 Å². The molecule has 0 fully saturated rings. The average molecular weight is 552 g/mol. The zero-order chi connectivity index (χ0) is 29.1. The number of benzene rings is 4. The fourth-order valence-electron chi connectivity index (χ4n) is 5.04. The normalized spacial score (nSPS) is 14.5. The minimum Gasteiger partial charge on any atom is -0.399 e. The van der Waals surface area contributed by atoms with E-state index >= 15 is 0 Å². The molecule has 42 heavy (non-hydrogen) atoms. The highest BCUT2D eigenvalue weighted by Crippen LogP contribution is 2.31. The van der Waals surface area contributed by atoms with Crippen molar-refractivity contribution in [2.45, 2.75) is 19.6 Å². The number of aryl methyl sites for hydroxylation is 1. The van der Waals surface area contributed by atoms with Gasteiger partial charge in [-0.05, 0) is 60.0 Å². The van der Waals surface area contributed by atoms with Crippen molar-refractivity contribution < 1.29 is 9.59 Å². The lowest BCUT2D eigenvalue weighted by Gasteiger charge is -2.26. The van der Waals surface area contributed by atoms with Gasteiger partial charge in [0.25, 0.3) is 11.8 Å². The maximum Gasteiger partial charge on any atom is 0.272 e. The van der Waals surface area contributed by atoms with Crippen LogP contribution in [0.2, 0.25) is 0 Å². The van der Waals surface area contributed by atoms with E-state index in [1.807, 2.05) is 67.6 Å². The molecule has 1 aromatic heterocycles. The Labute approximate surface area is 244 Å². The quantitative estimate of drug-likeness (QED) is 0.261. The van der Waals surface area contributed by atoms with Crippen molar-refractivity contribution in [3.8, 4) is 11.1 Å². The number of pyridine rings is 1. The lowest BCUT2D eigenvalue weighted by molar-refractivity contribution is -0.120. The molecule has 0 radical (unpaired) electrons. The SMILES string of the molecule is Cc1ccc2c(c1)C(c1ccc(N)cc1)=NC(NC(=O)c1cccnc1)C(=O)N2Cc1ccc(-c2ccccc2)cc1. The fraction of sp³-hybridized carbons (Fsp3) is 0.0857. The Morgan fingerprint density at radius 3 is 2.29 bits per heavy atom. The summed E-state index contributed by atoms with van der Waals surface area (Å²) in [5.74, 6) is -0.772. The van der Waals surface area contributed by atoms with E-state index in [0.717, 1.165) is 33.4 Å². The molecule has 5 aromatic rings. The van der Waals surface area contributed by atoms with E-state index in [-0.39, 0.29) is 5.91 Å². The van der Waals surface area contributed by atoms with Crippen LogP contribution in [0.25, 0.3) is 11.1 Å². The molecule has 0 saturated carbocycles. The highest BCUT2D eigenvalue weighted by atomic mass is 16.2. The molecule has 1 aliphatic heterocycles. The first-order chi connectivity index (χ1) is 20.5. The third kappa shape index (κ3) is 5.53. The first-order valence-electron chi connectivity index (χ1n) is 13.7. The van der Waals surface area contributed by atoms with Crippen LogP contribution < -0.4 is 16.0 Å². The van der Waals surface area contributed by atoms with Crippen molar-refractivity contribution in [2.24, 2.45) is 4.99 Å². The smallest absolute Gasteiger partial charge is 0.272 e. The lowest BCUT2D eigenvalue weighted by Crippen LogP contribution is -2.47. The van der Waals surface area contributed by atoms with E-state index in [1.165, 1.54) is 6.20 Å². The molecule has 7 heteroatoms. The van der Waals surface area contributed by atoms with Gasteiger partial charge in [-0.25, -0.2) is 4.99 Å². The third-order valence-electron chi connectivity index (χ3n) is 7.23. The fourth-order valence-corrected chi connectivity index (χ4v) is 5.04. The number of aliphatic imine (C=N–C) groups is 1. The van der Waals surface area contributed by atoms with Crippen LogP contribution in [-0.2, 0) is 11.3 Å². The van der Waals surface area contributed by atoms with E-state index in [4.69, 9.17) is 10.7 Å².